The fraction of sp³-hybridized carbons (Fsp3) is 0.600. The van der Waals surface area contributed by atoms with Crippen molar-refractivity contribution >= 4 is 40.1 Å². The van der Waals surface area contributed by atoms with E-state index in [1.807, 2.05) is 6.07 Å². The number of nitrogens with one attached hydrogen (secondary N) is 2. The molecule has 4 heterocycles. The second-order valence-corrected chi connectivity index (χ2v) is 21.8. The minimum absolute atomic E-state index is 0.0354. The average Bonchev–Trinajstić information content (AvgIpc) is 3.52. The van der Waals surface area contributed by atoms with Crippen molar-refractivity contribution in [1.29, 1.82) is 0 Å². The van der Waals surface area contributed by atoms with E-state index in [4.69, 9.17) is 22.4 Å². The molecular weight excluding hydrogens is 615 g/mol. The summed E-state index contributed by atoms with van der Waals surface area (Å²) in [6.07, 6.45) is -2.07. The highest BCUT2D eigenvalue weighted by atomic mass is 28.5. The van der Waals surface area contributed by atoms with Gasteiger partial charge in [-0.05, 0) is 34.3 Å². The van der Waals surface area contributed by atoms with E-state index >= 15 is 0 Å². The first-order valence-corrected chi connectivity index (χ1v) is 19.5. The van der Waals surface area contributed by atoms with Gasteiger partial charge in [0.1, 0.15) is 24.1 Å². The molecule has 2 aliphatic rings. The van der Waals surface area contributed by atoms with E-state index in [-0.39, 0.29) is 52.5 Å². The van der Waals surface area contributed by atoms with Crippen LogP contribution in [0.25, 0.3) is 11.2 Å². The van der Waals surface area contributed by atoms with Gasteiger partial charge in [0.25, 0.3) is 11.5 Å². The third kappa shape index (κ3) is 6.26. The largest absolute Gasteiger partial charge is 0.484 e. The first kappa shape index (κ1) is 33.4. The standard InChI is InChI=1S/C30H45N5O8Si2/c1-17(2)44(18(3)4)40-14-22-26(42-45(43-44,19(5)6)20(7)8)25(37)29(41-22)35-16-31-24-27(35)33-30(34-28(24)38)32-23(36)15-39-21-12-10-9-11-13-21/h9-13,16-20,22,25-26,29,37H,14-15H2,1-8H3,(H2,32,33,34,36,38)/t22-,25-,26-,29-/m0/s1. The normalized spacial score (nSPS) is 24.6. The number of carbonyl (C=O) groups is 1. The molecule has 0 saturated carbocycles. The lowest BCUT2D eigenvalue weighted by Gasteiger charge is -2.51. The molecule has 4 atom stereocenters. The van der Waals surface area contributed by atoms with Crippen LogP contribution in [0.15, 0.2) is 41.5 Å². The summed E-state index contributed by atoms with van der Waals surface area (Å²) in [5.41, 5.74) is 0.0729. The van der Waals surface area contributed by atoms with Gasteiger partial charge in [-0.2, -0.15) is 4.98 Å². The highest BCUT2D eigenvalue weighted by molar-refractivity contribution is 6.84. The lowest BCUT2D eigenvalue weighted by Crippen LogP contribution is -2.65. The number of hydrogen-bond donors (Lipinski definition) is 3. The van der Waals surface area contributed by atoms with E-state index in [2.05, 4.69) is 75.7 Å². The van der Waals surface area contributed by atoms with Crippen LogP contribution < -0.4 is 15.6 Å². The van der Waals surface area contributed by atoms with Gasteiger partial charge in [0.15, 0.2) is 24.0 Å². The molecule has 45 heavy (non-hydrogen) atoms. The lowest BCUT2D eigenvalue weighted by molar-refractivity contribution is -0.118. The smallest absolute Gasteiger partial charge is 0.335 e. The molecule has 13 nitrogen and oxygen atoms in total. The fourth-order valence-corrected chi connectivity index (χ4v) is 17.6. The van der Waals surface area contributed by atoms with Crippen LogP contribution in [0.4, 0.5) is 5.95 Å². The molecule has 2 fully saturated rings. The number of nitrogens with zero attached hydrogens (tertiary/aromatic N) is 3. The molecule has 2 saturated heterocycles. The number of fused-ring (bicyclic) bond motifs is 2. The molecule has 3 N–H and O–H groups in total. The van der Waals surface area contributed by atoms with Crippen LogP contribution in [0.5, 0.6) is 5.75 Å². The van der Waals surface area contributed by atoms with Crippen LogP contribution in [-0.4, -0.2) is 79.2 Å². The number of amides is 1. The maximum Gasteiger partial charge on any atom is 0.335 e. The van der Waals surface area contributed by atoms with Gasteiger partial charge >= 0.3 is 17.1 Å². The number of aliphatic hydroxyl groups excluding tert-OH is 1. The Morgan fingerprint density at radius 1 is 1.07 bits per heavy atom. The highest BCUT2D eigenvalue weighted by Crippen LogP contribution is 2.48. The van der Waals surface area contributed by atoms with Gasteiger partial charge in [-0.3, -0.25) is 24.5 Å². The molecule has 15 heteroatoms. The predicted molar refractivity (Wildman–Crippen MR) is 172 cm³/mol. The number of rotatable bonds is 9. The van der Waals surface area contributed by atoms with Gasteiger partial charge in [0.2, 0.25) is 5.95 Å². The Morgan fingerprint density at radius 2 is 1.71 bits per heavy atom. The van der Waals surface area contributed by atoms with Crippen molar-refractivity contribution in [3.8, 4) is 5.75 Å². The van der Waals surface area contributed by atoms with E-state index in [0.717, 1.165) is 0 Å². The number of hydrogen-bond acceptors (Lipinski definition) is 10. The van der Waals surface area contributed by atoms with E-state index in [1.54, 1.807) is 24.3 Å². The number of benzene rings is 1. The van der Waals surface area contributed by atoms with Crippen LogP contribution in [0.1, 0.15) is 61.6 Å². The van der Waals surface area contributed by atoms with Crippen LogP contribution in [-0.2, 0) is 22.5 Å². The number of anilines is 1. The van der Waals surface area contributed by atoms with Gasteiger partial charge in [-0.15, -0.1) is 0 Å². The number of H-pyrrole nitrogens is 1. The monoisotopic (exact) mass is 659 g/mol. The maximum absolute atomic E-state index is 12.9. The molecule has 3 aromatic rings. The van der Waals surface area contributed by atoms with Crippen molar-refractivity contribution in [2.75, 3.05) is 18.5 Å². The number of ether oxygens (including phenoxy) is 2. The summed E-state index contributed by atoms with van der Waals surface area (Å²) in [5.74, 6) is -0.0678. The Kier molecular flexibility index (Phi) is 9.70. The molecular formula is C30H45N5O8Si2. The Labute approximate surface area is 265 Å². The van der Waals surface area contributed by atoms with Gasteiger partial charge in [-0.25, -0.2) is 4.98 Å². The summed E-state index contributed by atoms with van der Waals surface area (Å²) >= 11 is 0. The maximum atomic E-state index is 12.9. The minimum Gasteiger partial charge on any atom is -0.484 e. The number of aromatic amines is 1. The van der Waals surface area contributed by atoms with Crippen molar-refractivity contribution in [3.05, 3.63) is 47.0 Å². The third-order valence-corrected chi connectivity index (χ3v) is 19.0. The van der Waals surface area contributed by atoms with E-state index in [1.165, 1.54) is 10.9 Å². The molecule has 246 valence electrons. The number of imidazole rings is 1. The molecule has 1 aromatic carbocycles. The van der Waals surface area contributed by atoms with E-state index in [0.29, 0.717) is 5.75 Å². The summed E-state index contributed by atoms with van der Waals surface area (Å²) in [6.45, 7) is 16.9. The van der Waals surface area contributed by atoms with E-state index < -0.39 is 53.1 Å². The second kappa shape index (κ2) is 13.1. The minimum atomic E-state index is -3.00. The van der Waals surface area contributed by atoms with Crippen LogP contribution in [0, 0.1) is 0 Å². The molecule has 5 rings (SSSR count). The predicted octanol–water partition coefficient (Wildman–Crippen LogP) is 4.35. The molecule has 0 spiro atoms. The van der Waals surface area contributed by atoms with Gasteiger partial charge in [0.05, 0.1) is 12.9 Å². The molecule has 2 aliphatic heterocycles. The first-order chi connectivity index (χ1) is 21.3. The molecule has 0 bridgehead atoms. The quantitative estimate of drug-likeness (QED) is 0.282. The first-order valence-electron chi connectivity index (χ1n) is 15.6. The zero-order valence-electron chi connectivity index (χ0n) is 27.1. The number of aliphatic hydroxyl groups is 1. The topological polar surface area (TPSA) is 159 Å². The summed E-state index contributed by atoms with van der Waals surface area (Å²) in [7, 11) is -5.81. The highest BCUT2D eigenvalue weighted by Gasteiger charge is 2.61. The van der Waals surface area contributed by atoms with Gasteiger partial charge < -0.3 is 27.5 Å². The summed E-state index contributed by atoms with van der Waals surface area (Å²) in [4.78, 5) is 36.8. The van der Waals surface area contributed by atoms with E-state index in [9.17, 15) is 14.7 Å². The molecule has 0 unspecified atom stereocenters. The third-order valence-electron chi connectivity index (χ3n) is 8.72. The van der Waals surface area contributed by atoms with Gasteiger partial charge in [0, 0.05) is 0 Å². The number of aromatic nitrogens is 4. The Morgan fingerprint density at radius 3 is 2.33 bits per heavy atom. The molecule has 1 amide bonds. The summed E-state index contributed by atoms with van der Waals surface area (Å²) in [6, 6.07) is 8.90. The van der Waals surface area contributed by atoms with Crippen LogP contribution in [0.2, 0.25) is 22.2 Å². The Bertz CT molecular complexity index is 1530. The molecule has 0 radical (unpaired) electrons. The molecule has 0 aliphatic carbocycles. The van der Waals surface area contributed by atoms with Crippen molar-refractivity contribution in [3.63, 3.8) is 0 Å². The lowest BCUT2D eigenvalue weighted by atomic mass is 10.1. The fourth-order valence-electron chi connectivity index (χ4n) is 6.37. The van der Waals surface area contributed by atoms with Crippen molar-refractivity contribution in [2.24, 2.45) is 0 Å². The van der Waals surface area contributed by atoms with Gasteiger partial charge in [-0.1, -0.05) is 73.6 Å². The SMILES string of the molecule is CC(C)[Si]1(C(C)C)OC[C@@H]2O[C@H](n3cnc4c(=O)[nH]c(NC(=O)COc5ccccc5)nc43)[C@@H](O)[C@H]2O[Si](C(C)C)(C(C)C)O1. The average molecular weight is 660 g/mol. The Hall–Kier alpha value is -2.93. The number of carbonyl (C=O) groups excluding carboxylic acids is 1. The van der Waals surface area contributed by atoms with Crippen molar-refractivity contribution in [2.45, 2.75) is 102 Å². The van der Waals surface area contributed by atoms with Crippen molar-refractivity contribution in [1.82, 2.24) is 19.5 Å². The zero-order chi connectivity index (χ0) is 32.7. The Balaban J connectivity index is 1.45. The zero-order valence-corrected chi connectivity index (χ0v) is 29.1. The molecule has 2 aromatic heterocycles. The van der Waals surface area contributed by atoms with Crippen molar-refractivity contribution < 1.29 is 32.3 Å². The van der Waals surface area contributed by atoms with Crippen LogP contribution >= 0.6 is 0 Å². The summed E-state index contributed by atoms with van der Waals surface area (Å²) in [5, 5.41) is 14.3. The second-order valence-electron chi connectivity index (χ2n) is 13.0. The van der Waals surface area contributed by atoms with Crippen LogP contribution in [0.3, 0.4) is 0 Å². The number of para-hydroxylation sites is 1. The summed E-state index contributed by atoms with van der Waals surface area (Å²) < 4.78 is 34.5.